The first-order valence-electron chi connectivity index (χ1n) is 2.77. The first-order chi connectivity index (χ1) is 3.72. The van der Waals surface area contributed by atoms with Crippen LogP contribution in [0.25, 0.3) is 0 Å². The molecule has 0 aromatic carbocycles. The summed E-state index contributed by atoms with van der Waals surface area (Å²) >= 11 is 0. The second kappa shape index (κ2) is 6.80. The van der Waals surface area contributed by atoms with E-state index >= 15 is 0 Å². The van der Waals surface area contributed by atoms with Crippen molar-refractivity contribution in [3.05, 3.63) is 0 Å². The van der Waals surface area contributed by atoms with Gasteiger partial charge in [-0.25, -0.2) is 6.29 Å². The summed E-state index contributed by atoms with van der Waals surface area (Å²) in [5.41, 5.74) is 0. The molecule has 0 saturated heterocycles. The summed E-state index contributed by atoms with van der Waals surface area (Å²) in [4.78, 5) is 9.99. The molecule has 0 heterocycles. The maximum atomic E-state index is 9.99. The van der Waals surface area contributed by atoms with Gasteiger partial charge < -0.3 is 10.1 Å². The van der Waals surface area contributed by atoms with E-state index in [-0.39, 0.29) is 37.2 Å². The summed E-state index contributed by atoms with van der Waals surface area (Å²) in [5, 5.41) is 2.83. The monoisotopic (exact) mass is 352 g/mol. The van der Waals surface area contributed by atoms with Crippen molar-refractivity contribution in [3.63, 3.8) is 0 Å². The SMILES string of the molecule is CN[C@H]([C-]=O)C(C)C.[U]. The van der Waals surface area contributed by atoms with Crippen molar-refractivity contribution in [3.8, 4) is 0 Å². The fourth-order valence-electron chi connectivity index (χ4n) is 0.528. The molecule has 0 aliphatic carbocycles. The number of hydrogen-bond acceptors (Lipinski definition) is 2. The zero-order chi connectivity index (χ0) is 6.57. The topological polar surface area (TPSA) is 29.1 Å². The molecule has 1 atom stereocenters. The Bertz CT molecular complexity index is 75.5. The fourth-order valence-corrected chi connectivity index (χ4v) is 0.528. The molecule has 0 saturated carbocycles. The van der Waals surface area contributed by atoms with E-state index in [2.05, 4.69) is 5.32 Å². The third-order valence-corrected chi connectivity index (χ3v) is 1.10. The Morgan fingerprint density at radius 2 is 1.89 bits per heavy atom. The first-order valence-corrected chi connectivity index (χ1v) is 2.77. The van der Waals surface area contributed by atoms with Crippen molar-refractivity contribution in [2.45, 2.75) is 19.9 Å². The number of rotatable bonds is 3. The van der Waals surface area contributed by atoms with Gasteiger partial charge in [-0.3, -0.25) is 0 Å². The van der Waals surface area contributed by atoms with E-state index in [1.165, 1.54) is 0 Å². The van der Waals surface area contributed by atoms with Crippen molar-refractivity contribution in [1.29, 1.82) is 0 Å². The zero-order valence-corrected chi connectivity index (χ0v) is 10.2. The average molecular weight is 352 g/mol. The third-order valence-electron chi connectivity index (χ3n) is 1.10. The molecule has 0 unspecified atom stereocenters. The Kier molecular flexibility index (Phi) is 9.34. The minimum Gasteiger partial charge on any atom is -0.540 e. The van der Waals surface area contributed by atoms with Crippen LogP contribution in [-0.4, -0.2) is 19.4 Å². The van der Waals surface area contributed by atoms with Gasteiger partial charge in [-0.2, -0.15) is 0 Å². The summed E-state index contributed by atoms with van der Waals surface area (Å²) in [5.74, 6) is 0.345. The molecule has 0 spiro atoms. The van der Waals surface area contributed by atoms with E-state index in [9.17, 15) is 4.79 Å². The molecule has 0 bridgehead atoms. The van der Waals surface area contributed by atoms with Crippen molar-refractivity contribution in [1.82, 2.24) is 5.32 Å². The van der Waals surface area contributed by atoms with Crippen LogP contribution in [0.5, 0.6) is 0 Å². The molecule has 1 N–H and O–H groups in total. The second-order valence-corrected chi connectivity index (χ2v) is 2.13. The number of carbonyl (C=O) groups excluding carboxylic acids is 1. The maximum Gasteiger partial charge on any atom is 0 e. The maximum absolute atomic E-state index is 9.99. The molecule has 0 aliphatic heterocycles. The van der Waals surface area contributed by atoms with Crippen LogP contribution in [0.2, 0.25) is 0 Å². The van der Waals surface area contributed by atoms with E-state index in [0.717, 1.165) is 0 Å². The Labute approximate surface area is 80.2 Å². The molecular weight excluding hydrogens is 340 g/mol. The summed E-state index contributed by atoms with van der Waals surface area (Å²) in [6, 6.07) is -0.102. The minimum absolute atomic E-state index is 0. The third kappa shape index (κ3) is 5.14. The quantitative estimate of drug-likeness (QED) is 0.743. The summed E-state index contributed by atoms with van der Waals surface area (Å²) in [6.45, 7) is 3.96. The van der Waals surface area contributed by atoms with Gasteiger partial charge in [-0.1, -0.05) is 25.8 Å². The van der Waals surface area contributed by atoms with Gasteiger partial charge in [-0.05, 0) is 7.05 Å². The number of hydrogen-bond donors (Lipinski definition) is 1. The Morgan fingerprint density at radius 3 is 1.89 bits per heavy atom. The van der Waals surface area contributed by atoms with Crippen molar-refractivity contribution in [2.24, 2.45) is 5.92 Å². The van der Waals surface area contributed by atoms with Crippen molar-refractivity contribution >= 4 is 6.29 Å². The van der Waals surface area contributed by atoms with E-state index in [4.69, 9.17) is 0 Å². The van der Waals surface area contributed by atoms with E-state index in [0.29, 0.717) is 5.92 Å². The van der Waals surface area contributed by atoms with Gasteiger partial charge in [0.15, 0.2) is 0 Å². The molecule has 0 aliphatic rings. The predicted octanol–water partition coefficient (Wildman–Crippen LogP) is 0.340. The molecular formula is C6H12NOU-. The molecule has 52 valence electrons. The van der Waals surface area contributed by atoms with Crippen LogP contribution in [-0.2, 0) is 4.79 Å². The second-order valence-electron chi connectivity index (χ2n) is 2.13. The Morgan fingerprint density at radius 1 is 1.44 bits per heavy atom. The van der Waals surface area contributed by atoms with Crippen LogP contribution in [0.1, 0.15) is 13.8 Å². The molecule has 2 nitrogen and oxygen atoms in total. The number of nitrogens with one attached hydrogen (secondary N) is 1. The standard InChI is InChI=1S/C6H12NO.U/c1-5(2)6(4-8)7-3;/h5-7H,1-3H3;/q-1;/t6-;/m1./s1. The van der Waals surface area contributed by atoms with Crippen LogP contribution >= 0.6 is 0 Å². The summed E-state index contributed by atoms with van der Waals surface area (Å²) < 4.78 is 0. The van der Waals surface area contributed by atoms with Gasteiger partial charge in [0.05, 0.1) is 0 Å². The van der Waals surface area contributed by atoms with Crippen LogP contribution in [0, 0.1) is 37.0 Å². The minimum atomic E-state index is -0.102. The molecule has 9 heavy (non-hydrogen) atoms. The number of likely N-dealkylation sites (N-methyl/N-ethyl adjacent to an activating group) is 1. The average Bonchev–Trinajstić information content (AvgIpc) is 1.69. The molecule has 3 heteroatoms. The molecule has 0 amide bonds. The Balaban J connectivity index is 0. The largest absolute Gasteiger partial charge is 0.540 e. The van der Waals surface area contributed by atoms with Gasteiger partial charge in [0.1, 0.15) is 0 Å². The van der Waals surface area contributed by atoms with E-state index in [1.54, 1.807) is 7.05 Å². The van der Waals surface area contributed by atoms with E-state index in [1.807, 2.05) is 20.1 Å². The summed E-state index contributed by atoms with van der Waals surface area (Å²) in [7, 11) is 1.76. The van der Waals surface area contributed by atoms with Gasteiger partial charge >= 0.3 is 0 Å². The van der Waals surface area contributed by atoms with Gasteiger partial charge in [0.2, 0.25) is 0 Å². The van der Waals surface area contributed by atoms with Crippen LogP contribution in [0.15, 0.2) is 0 Å². The predicted molar refractivity (Wildman–Crippen MR) is 33.4 cm³/mol. The van der Waals surface area contributed by atoms with Gasteiger partial charge in [-0.15, -0.1) is 0 Å². The van der Waals surface area contributed by atoms with Crippen LogP contribution in [0.3, 0.4) is 0 Å². The normalized spacial score (nSPS) is 12.4. The smallest absolute Gasteiger partial charge is 0 e. The molecule has 0 aromatic rings. The summed E-state index contributed by atoms with van der Waals surface area (Å²) in [6.07, 6.45) is 1.89. The first kappa shape index (κ1) is 12.4. The van der Waals surface area contributed by atoms with Crippen molar-refractivity contribution < 1.29 is 35.9 Å². The van der Waals surface area contributed by atoms with Crippen LogP contribution in [0.4, 0.5) is 0 Å². The molecule has 0 radical (unpaired) electrons. The zero-order valence-electron chi connectivity index (χ0n) is 6.06. The molecule has 0 aromatic heterocycles. The molecule has 0 rings (SSSR count). The van der Waals surface area contributed by atoms with E-state index < -0.39 is 0 Å². The fraction of sp³-hybridized carbons (Fsp3) is 0.833. The van der Waals surface area contributed by atoms with Crippen LogP contribution < -0.4 is 5.32 Å². The molecule has 0 fully saturated rings. The van der Waals surface area contributed by atoms with Crippen molar-refractivity contribution in [2.75, 3.05) is 7.05 Å². The van der Waals surface area contributed by atoms with Gasteiger partial charge in [0.25, 0.3) is 0 Å². The Hall–Kier alpha value is 0.682. The van der Waals surface area contributed by atoms with Gasteiger partial charge in [0, 0.05) is 31.1 Å².